The molecule has 3 heterocycles. The fourth-order valence-corrected chi connectivity index (χ4v) is 4.83. The maximum atomic E-state index is 13.5. The number of aromatic nitrogens is 2. The van der Waals surface area contributed by atoms with Crippen LogP contribution in [-0.4, -0.2) is 27.4 Å². The Hall–Kier alpha value is -3.94. The quantitative estimate of drug-likeness (QED) is 0.605. The largest absolute Gasteiger partial charge is 0.454 e. The summed E-state index contributed by atoms with van der Waals surface area (Å²) in [6.07, 6.45) is 0. The van der Waals surface area contributed by atoms with E-state index in [1.807, 2.05) is 24.3 Å². The zero-order valence-corrected chi connectivity index (χ0v) is 16.8. The Morgan fingerprint density at radius 1 is 0.903 bits per heavy atom. The Kier molecular flexibility index (Phi) is 3.48. The van der Waals surface area contributed by atoms with Gasteiger partial charge in [0.1, 0.15) is 5.82 Å². The van der Waals surface area contributed by atoms with Crippen LogP contribution in [-0.2, 0) is 14.1 Å². The summed E-state index contributed by atoms with van der Waals surface area (Å²) in [5, 5.41) is 0. The molecule has 31 heavy (non-hydrogen) atoms. The molecular formula is C23H17N3O5. The third-order valence-electron chi connectivity index (χ3n) is 6.34. The number of ether oxygens (including phenoxy) is 2. The van der Waals surface area contributed by atoms with Crippen LogP contribution in [0.5, 0.6) is 11.5 Å². The first-order valence-corrected chi connectivity index (χ1v) is 9.89. The van der Waals surface area contributed by atoms with E-state index in [4.69, 9.17) is 14.5 Å². The van der Waals surface area contributed by atoms with Crippen LogP contribution >= 0.6 is 0 Å². The monoisotopic (exact) mass is 415 g/mol. The zero-order valence-electron chi connectivity index (χ0n) is 16.8. The second-order valence-electron chi connectivity index (χ2n) is 7.92. The molecule has 0 fully saturated rings. The van der Waals surface area contributed by atoms with Crippen molar-refractivity contribution in [3.05, 3.63) is 85.6 Å². The zero-order chi connectivity index (χ0) is 21.4. The van der Waals surface area contributed by atoms with Crippen LogP contribution in [0.15, 0.2) is 57.0 Å². The predicted molar refractivity (Wildman–Crippen MR) is 112 cm³/mol. The molecule has 0 N–H and O–H groups in total. The summed E-state index contributed by atoms with van der Waals surface area (Å²) in [5.41, 5.74) is 2.05. The number of carbonyl (C=O) groups excluding carboxylic acids is 1. The highest BCUT2D eigenvalue weighted by Crippen LogP contribution is 2.48. The molecule has 3 aliphatic rings. The SMILES string of the molecule is Cn1c2c(c(=O)n(C)c1=O)[C@@H](c1ccc3c(c1)OCO3)[C@H]1C(=O)c3ccccc3C1=N2. The van der Waals surface area contributed by atoms with Gasteiger partial charge in [0.15, 0.2) is 17.3 Å². The summed E-state index contributed by atoms with van der Waals surface area (Å²) in [7, 11) is 3.02. The molecule has 6 rings (SSSR count). The van der Waals surface area contributed by atoms with Crippen molar-refractivity contribution < 1.29 is 14.3 Å². The van der Waals surface area contributed by atoms with Crippen molar-refractivity contribution in [2.24, 2.45) is 25.0 Å². The van der Waals surface area contributed by atoms with Crippen molar-refractivity contribution >= 4 is 17.3 Å². The molecule has 0 spiro atoms. The van der Waals surface area contributed by atoms with E-state index in [1.54, 1.807) is 25.2 Å². The minimum absolute atomic E-state index is 0.0847. The lowest BCUT2D eigenvalue weighted by atomic mass is 9.76. The molecule has 1 aliphatic carbocycles. The lowest BCUT2D eigenvalue weighted by Gasteiger charge is -2.30. The van der Waals surface area contributed by atoms with E-state index in [2.05, 4.69) is 0 Å². The van der Waals surface area contributed by atoms with Crippen LogP contribution in [0.25, 0.3) is 0 Å². The molecule has 8 heteroatoms. The number of aliphatic imine (C=N–C) groups is 1. The smallest absolute Gasteiger partial charge is 0.332 e. The van der Waals surface area contributed by atoms with Crippen LogP contribution in [0.1, 0.15) is 33.0 Å². The summed E-state index contributed by atoms with van der Waals surface area (Å²) in [6.45, 7) is 0.122. The normalized spacial score (nSPS) is 20.2. The van der Waals surface area contributed by atoms with Gasteiger partial charge in [-0.1, -0.05) is 30.3 Å². The highest BCUT2D eigenvalue weighted by Gasteiger charge is 2.48. The molecule has 0 bridgehead atoms. The lowest BCUT2D eigenvalue weighted by molar-refractivity contribution is 0.0953. The van der Waals surface area contributed by atoms with Gasteiger partial charge < -0.3 is 9.47 Å². The molecule has 8 nitrogen and oxygen atoms in total. The van der Waals surface area contributed by atoms with Gasteiger partial charge in [-0.2, -0.15) is 0 Å². The minimum Gasteiger partial charge on any atom is -0.454 e. The van der Waals surface area contributed by atoms with Crippen molar-refractivity contribution in [1.82, 2.24) is 9.13 Å². The number of nitrogens with zero attached hydrogens (tertiary/aromatic N) is 3. The highest BCUT2D eigenvalue weighted by atomic mass is 16.7. The van der Waals surface area contributed by atoms with Crippen molar-refractivity contribution in [2.45, 2.75) is 5.92 Å². The first kappa shape index (κ1) is 17.9. The summed E-state index contributed by atoms with van der Waals surface area (Å²) >= 11 is 0. The second-order valence-corrected chi connectivity index (χ2v) is 7.92. The minimum atomic E-state index is -0.657. The van der Waals surface area contributed by atoms with E-state index in [9.17, 15) is 14.4 Å². The van der Waals surface area contributed by atoms with Gasteiger partial charge in [-0.3, -0.25) is 18.7 Å². The van der Waals surface area contributed by atoms with Crippen LogP contribution < -0.4 is 20.7 Å². The van der Waals surface area contributed by atoms with E-state index in [-0.39, 0.29) is 18.4 Å². The van der Waals surface area contributed by atoms with Crippen molar-refractivity contribution in [2.75, 3.05) is 6.79 Å². The van der Waals surface area contributed by atoms with Gasteiger partial charge in [0.2, 0.25) is 6.79 Å². The molecular weight excluding hydrogens is 398 g/mol. The molecule has 154 valence electrons. The van der Waals surface area contributed by atoms with Crippen LogP contribution in [0.2, 0.25) is 0 Å². The summed E-state index contributed by atoms with van der Waals surface area (Å²) < 4.78 is 13.4. The van der Waals surface area contributed by atoms with Crippen molar-refractivity contribution in [3.8, 4) is 11.5 Å². The molecule has 3 aromatic rings. The van der Waals surface area contributed by atoms with Crippen molar-refractivity contribution in [1.29, 1.82) is 0 Å². The number of rotatable bonds is 1. The average molecular weight is 415 g/mol. The third-order valence-corrected chi connectivity index (χ3v) is 6.34. The Labute approximate surface area is 176 Å². The fourth-order valence-electron chi connectivity index (χ4n) is 4.83. The maximum Gasteiger partial charge on any atom is 0.332 e. The summed E-state index contributed by atoms with van der Waals surface area (Å²) in [5.74, 6) is 0.110. The van der Waals surface area contributed by atoms with Crippen LogP contribution in [0.4, 0.5) is 5.82 Å². The van der Waals surface area contributed by atoms with Gasteiger partial charge in [-0.05, 0) is 17.7 Å². The predicted octanol–water partition coefficient (Wildman–Crippen LogP) is 1.89. The van der Waals surface area contributed by atoms with Crippen LogP contribution in [0, 0.1) is 5.92 Å². The first-order valence-electron chi connectivity index (χ1n) is 9.89. The average Bonchev–Trinajstić information content (AvgIpc) is 3.37. The number of hydrogen-bond donors (Lipinski definition) is 0. The van der Waals surface area contributed by atoms with E-state index < -0.39 is 23.1 Å². The molecule has 0 radical (unpaired) electrons. The maximum absolute atomic E-state index is 13.5. The molecule has 2 aromatic carbocycles. The highest BCUT2D eigenvalue weighted by molar-refractivity contribution is 6.30. The summed E-state index contributed by atoms with van der Waals surface area (Å²) in [6, 6.07) is 12.7. The second kappa shape index (κ2) is 6.04. The van der Waals surface area contributed by atoms with E-state index >= 15 is 0 Å². The lowest BCUT2D eigenvalue weighted by Crippen LogP contribution is -2.43. The van der Waals surface area contributed by atoms with E-state index in [0.29, 0.717) is 28.3 Å². The van der Waals surface area contributed by atoms with Gasteiger partial charge >= 0.3 is 5.69 Å². The molecule has 0 unspecified atom stereocenters. The van der Waals surface area contributed by atoms with Gasteiger partial charge in [0, 0.05) is 31.1 Å². The first-order chi connectivity index (χ1) is 15.0. The molecule has 1 aromatic heterocycles. The van der Waals surface area contributed by atoms with E-state index in [1.165, 1.54) is 11.6 Å². The third kappa shape index (κ3) is 2.24. The van der Waals surface area contributed by atoms with Crippen LogP contribution in [0.3, 0.4) is 0 Å². The Bertz CT molecular complexity index is 1460. The number of Topliss-reactive ketones (excluding diaryl/α,β-unsaturated/α-hetero) is 1. The molecule has 0 saturated heterocycles. The van der Waals surface area contributed by atoms with Crippen molar-refractivity contribution in [3.63, 3.8) is 0 Å². The Morgan fingerprint density at radius 3 is 2.45 bits per heavy atom. The molecule has 0 amide bonds. The Morgan fingerprint density at radius 2 is 1.65 bits per heavy atom. The van der Waals surface area contributed by atoms with Gasteiger partial charge in [-0.15, -0.1) is 0 Å². The molecule has 2 atom stereocenters. The fraction of sp³-hybridized carbons (Fsp3) is 0.217. The standard InChI is InChI=1S/C23H17N3O5/c1-25-21-18(22(28)26(2)23(25)29)16(11-7-8-14-15(9-11)31-10-30-14)17-19(24-21)12-5-3-4-6-13(12)20(17)27/h3-9,16-17H,10H2,1-2H3/t16-,17+/m0/s1. The topological polar surface area (TPSA) is 91.9 Å². The van der Waals surface area contributed by atoms with Gasteiger partial charge in [0.05, 0.1) is 17.2 Å². The number of fused-ring (bicyclic) bond motifs is 5. The number of benzene rings is 2. The molecule has 0 saturated carbocycles. The van der Waals surface area contributed by atoms with E-state index in [0.717, 1.165) is 15.7 Å². The van der Waals surface area contributed by atoms with Gasteiger partial charge in [0.25, 0.3) is 5.56 Å². The summed E-state index contributed by atoms with van der Waals surface area (Å²) in [4.78, 5) is 44.1. The number of ketones is 1. The number of hydrogen-bond acceptors (Lipinski definition) is 6. The molecule has 2 aliphatic heterocycles. The van der Waals surface area contributed by atoms with Gasteiger partial charge in [-0.25, -0.2) is 9.79 Å². The Balaban J connectivity index is 1.70. The number of carbonyl (C=O) groups is 1.